The van der Waals surface area contributed by atoms with Crippen LogP contribution >= 0.6 is 0 Å². The zero-order valence-corrected chi connectivity index (χ0v) is 14.9. The summed E-state index contributed by atoms with van der Waals surface area (Å²) in [5.41, 5.74) is 6.54. The first-order valence-electron chi connectivity index (χ1n) is 8.02. The van der Waals surface area contributed by atoms with Gasteiger partial charge in [-0.15, -0.1) is 0 Å². The normalized spacial score (nSPS) is 18.8. The average molecular weight is 355 g/mol. The van der Waals surface area contributed by atoms with Crippen LogP contribution in [0, 0.1) is 5.92 Å². The van der Waals surface area contributed by atoms with Crippen molar-refractivity contribution < 1.29 is 17.9 Å². The molecule has 1 aromatic rings. The van der Waals surface area contributed by atoms with Crippen LogP contribution in [0.1, 0.15) is 19.4 Å². The minimum Gasteiger partial charge on any atom is -0.379 e. The van der Waals surface area contributed by atoms with Gasteiger partial charge in [-0.25, -0.2) is 8.42 Å². The minimum absolute atomic E-state index is 0.116. The van der Waals surface area contributed by atoms with E-state index in [-0.39, 0.29) is 22.8 Å². The first-order chi connectivity index (χ1) is 11.3. The van der Waals surface area contributed by atoms with Gasteiger partial charge in [-0.3, -0.25) is 4.79 Å². The molecule has 1 amide bonds. The smallest absolute Gasteiger partial charge is 0.243 e. The fourth-order valence-electron chi connectivity index (χ4n) is 2.30. The minimum atomic E-state index is -3.49. The van der Waals surface area contributed by atoms with Crippen molar-refractivity contribution in [2.75, 3.05) is 26.3 Å². The zero-order valence-electron chi connectivity index (χ0n) is 14.1. The number of nitrogens with two attached hydrogens (primary N) is 1. The number of rotatable bonds is 6. The lowest BCUT2D eigenvalue weighted by atomic mass is 10.0. The molecule has 0 aliphatic carbocycles. The lowest BCUT2D eigenvalue weighted by Crippen LogP contribution is -2.40. The molecule has 24 heavy (non-hydrogen) atoms. The van der Waals surface area contributed by atoms with Gasteiger partial charge in [-0.05, 0) is 24.6 Å². The molecular formula is C16H25N3O4S. The van der Waals surface area contributed by atoms with E-state index < -0.39 is 10.0 Å². The fourth-order valence-corrected chi connectivity index (χ4v) is 3.71. The Balaban J connectivity index is 1.99. The van der Waals surface area contributed by atoms with Gasteiger partial charge in [0.2, 0.25) is 15.9 Å². The van der Waals surface area contributed by atoms with Crippen LogP contribution < -0.4 is 11.1 Å². The Morgan fingerprint density at radius 2 is 1.83 bits per heavy atom. The molecule has 134 valence electrons. The molecule has 8 heteroatoms. The molecule has 1 fully saturated rings. The highest BCUT2D eigenvalue weighted by atomic mass is 32.2. The van der Waals surface area contributed by atoms with Gasteiger partial charge in [0.25, 0.3) is 0 Å². The summed E-state index contributed by atoms with van der Waals surface area (Å²) in [6, 6.07) is 6.35. The summed E-state index contributed by atoms with van der Waals surface area (Å²) in [5, 5.41) is 2.81. The third-order valence-corrected chi connectivity index (χ3v) is 6.11. The van der Waals surface area contributed by atoms with Crippen molar-refractivity contribution in [2.45, 2.75) is 31.3 Å². The van der Waals surface area contributed by atoms with E-state index in [0.29, 0.717) is 32.8 Å². The molecule has 0 aromatic heterocycles. The molecule has 1 heterocycles. The maximum atomic E-state index is 12.5. The SMILES string of the molecule is CC(N)C(C)C(=O)NCc1ccc(S(=O)(=O)N2CCOCC2)cc1. The summed E-state index contributed by atoms with van der Waals surface area (Å²) in [4.78, 5) is 12.1. The molecule has 3 N–H and O–H groups in total. The van der Waals surface area contributed by atoms with Crippen LogP contribution in [-0.4, -0.2) is 51.0 Å². The van der Waals surface area contributed by atoms with Crippen LogP contribution in [0.3, 0.4) is 0 Å². The molecule has 0 radical (unpaired) electrons. The van der Waals surface area contributed by atoms with Gasteiger partial charge in [0.05, 0.1) is 18.1 Å². The molecule has 0 bridgehead atoms. The Morgan fingerprint density at radius 3 is 2.38 bits per heavy atom. The van der Waals surface area contributed by atoms with Crippen molar-refractivity contribution in [3.8, 4) is 0 Å². The highest BCUT2D eigenvalue weighted by molar-refractivity contribution is 7.89. The summed E-state index contributed by atoms with van der Waals surface area (Å²) >= 11 is 0. The molecular weight excluding hydrogens is 330 g/mol. The summed E-state index contributed by atoms with van der Waals surface area (Å²) in [6.45, 7) is 5.48. The van der Waals surface area contributed by atoms with Crippen molar-refractivity contribution in [3.05, 3.63) is 29.8 Å². The Kier molecular flexibility index (Phi) is 6.34. The van der Waals surface area contributed by atoms with Crippen molar-refractivity contribution in [3.63, 3.8) is 0 Å². The van der Waals surface area contributed by atoms with Crippen molar-refractivity contribution in [1.29, 1.82) is 0 Å². The molecule has 2 atom stereocenters. The van der Waals surface area contributed by atoms with E-state index in [4.69, 9.17) is 10.5 Å². The summed E-state index contributed by atoms with van der Waals surface area (Å²) < 4.78 is 31.6. The van der Waals surface area contributed by atoms with Gasteiger partial charge < -0.3 is 15.8 Å². The Labute approximate surface area is 143 Å². The van der Waals surface area contributed by atoms with Gasteiger partial charge in [-0.2, -0.15) is 4.31 Å². The van der Waals surface area contributed by atoms with Crippen LogP contribution in [0.15, 0.2) is 29.2 Å². The number of amides is 1. The van der Waals surface area contributed by atoms with E-state index >= 15 is 0 Å². The molecule has 1 saturated heterocycles. The maximum absolute atomic E-state index is 12.5. The number of morpholine rings is 1. The third kappa shape index (κ3) is 4.54. The summed E-state index contributed by atoms with van der Waals surface area (Å²) in [6.07, 6.45) is 0. The van der Waals surface area contributed by atoms with Crippen molar-refractivity contribution >= 4 is 15.9 Å². The number of carbonyl (C=O) groups is 1. The fraction of sp³-hybridized carbons (Fsp3) is 0.562. The predicted molar refractivity (Wildman–Crippen MR) is 90.7 cm³/mol. The maximum Gasteiger partial charge on any atom is 0.243 e. The summed E-state index contributed by atoms with van der Waals surface area (Å²) in [5.74, 6) is -0.388. The van der Waals surface area contributed by atoms with E-state index in [1.807, 2.05) is 0 Å². The number of ether oxygens (including phenoxy) is 1. The quantitative estimate of drug-likeness (QED) is 0.764. The van der Waals surface area contributed by atoms with E-state index in [0.717, 1.165) is 5.56 Å². The van der Waals surface area contributed by atoms with Gasteiger partial charge in [0.1, 0.15) is 0 Å². The number of hydrogen-bond acceptors (Lipinski definition) is 5. The average Bonchev–Trinajstić information content (AvgIpc) is 2.60. The van der Waals surface area contributed by atoms with Crippen LogP contribution in [-0.2, 0) is 26.1 Å². The van der Waals surface area contributed by atoms with Gasteiger partial charge in [0, 0.05) is 31.6 Å². The van der Waals surface area contributed by atoms with E-state index in [1.165, 1.54) is 4.31 Å². The lowest BCUT2D eigenvalue weighted by Gasteiger charge is -2.26. The van der Waals surface area contributed by atoms with Crippen molar-refractivity contribution in [1.82, 2.24) is 9.62 Å². The zero-order chi connectivity index (χ0) is 17.7. The molecule has 7 nitrogen and oxygen atoms in total. The Bertz CT molecular complexity index is 652. The summed E-state index contributed by atoms with van der Waals surface area (Å²) in [7, 11) is -3.49. The molecule has 1 aromatic carbocycles. The van der Waals surface area contributed by atoms with Crippen molar-refractivity contribution in [2.24, 2.45) is 11.7 Å². The Morgan fingerprint density at radius 1 is 1.25 bits per heavy atom. The van der Waals surface area contributed by atoms with E-state index in [2.05, 4.69) is 5.32 Å². The largest absolute Gasteiger partial charge is 0.379 e. The molecule has 0 spiro atoms. The van der Waals surface area contributed by atoms with Crippen LogP contribution in [0.2, 0.25) is 0 Å². The van der Waals surface area contributed by atoms with Gasteiger partial charge >= 0.3 is 0 Å². The predicted octanol–water partition coefficient (Wildman–Crippen LogP) is 0.307. The van der Waals surface area contributed by atoms with Crippen LogP contribution in [0.4, 0.5) is 0 Å². The lowest BCUT2D eigenvalue weighted by molar-refractivity contribution is -0.125. The second kappa shape index (κ2) is 8.06. The highest BCUT2D eigenvalue weighted by Gasteiger charge is 2.26. The van der Waals surface area contributed by atoms with Crippen LogP contribution in [0.25, 0.3) is 0 Å². The molecule has 0 saturated carbocycles. The second-order valence-electron chi connectivity index (χ2n) is 6.03. The standard InChI is InChI=1S/C16H25N3O4S/c1-12(13(2)17)16(20)18-11-14-3-5-15(6-4-14)24(21,22)19-7-9-23-10-8-19/h3-6,12-13H,7-11,17H2,1-2H3,(H,18,20). The number of sulfonamides is 1. The number of hydrogen-bond donors (Lipinski definition) is 2. The van der Waals surface area contributed by atoms with Gasteiger partial charge in [0.15, 0.2) is 0 Å². The first kappa shape index (κ1) is 18.9. The Hall–Kier alpha value is -1.48. The number of benzene rings is 1. The highest BCUT2D eigenvalue weighted by Crippen LogP contribution is 2.17. The molecule has 1 aliphatic rings. The number of carbonyl (C=O) groups excluding carboxylic acids is 1. The number of nitrogens with one attached hydrogen (secondary N) is 1. The second-order valence-corrected chi connectivity index (χ2v) is 7.96. The topological polar surface area (TPSA) is 102 Å². The van der Waals surface area contributed by atoms with Crippen LogP contribution in [0.5, 0.6) is 0 Å². The third-order valence-electron chi connectivity index (χ3n) is 4.20. The number of nitrogens with zero attached hydrogens (tertiary/aromatic N) is 1. The van der Waals surface area contributed by atoms with E-state index in [1.54, 1.807) is 38.1 Å². The first-order valence-corrected chi connectivity index (χ1v) is 9.46. The molecule has 2 rings (SSSR count). The molecule has 1 aliphatic heterocycles. The van der Waals surface area contributed by atoms with Gasteiger partial charge in [-0.1, -0.05) is 19.1 Å². The van der Waals surface area contributed by atoms with E-state index in [9.17, 15) is 13.2 Å². The molecule has 2 unspecified atom stereocenters. The monoisotopic (exact) mass is 355 g/mol.